The molecule has 0 atom stereocenters. The van der Waals surface area contributed by atoms with Crippen LogP contribution in [0.5, 0.6) is 5.75 Å². The van der Waals surface area contributed by atoms with Gasteiger partial charge in [-0.1, -0.05) is 0 Å². The van der Waals surface area contributed by atoms with Crippen molar-refractivity contribution in [2.24, 2.45) is 5.92 Å². The molecule has 1 aliphatic heterocycles. The third kappa shape index (κ3) is 5.10. The van der Waals surface area contributed by atoms with E-state index < -0.39 is 4.92 Å². The first kappa shape index (κ1) is 21.1. The molecule has 1 amide bonds. The minimum atomic E-state index is -0.506. The second kappa shape index (κ2) is 9.31. The number of nitrogens with one attached hydrogen (secondary N) is 1. The highest BCUT2D eigenvalue weighted by Gasteiger charge is 2.31. The van der Waals surface area contributed by atoms with E-state index >= 15 is 0 Å². The lowest BCUT2D eigenvalue weighted by molar-refractivity contribution is -0.385. The number of rotatable bonds is 7. The minimum Gasteiger partial charge on any atom is -0.490 e. The van der Waals surface area contributed by atoms with Crippen LogP contribution in [0, 0.1) is 16.0 Å². The number of ether oxygens (including phenoxy) is 1. The number of methoxy groups -OCH3 is 1. The van der Waals surface area contributed by atoms with Crippen molar-refractivity contribution in [3.05, 3.63) is 33.9 Å². The summed E-state index contributed by atoms with van der Waals surface area (Å²) in [5.74, 6) is 0.879. The number of carbonyl (C=O) groups is 1. The van der Waals surface area contributed by atoms with Crippen LogP contribution in [0.4, 0.5) is 5.69 Å². The molecule has 30 heavy (non-hydrogen) atoms. The molecule has 4 rings (SSSR count). The highest BCUT2D eigenvalue weighted by molar-refractivity contribution is 5.95. The lowest BCUT2D eigenvalue weighted by Gasteiger charge is -2.42. The fraction of sp³-hybridized carbons (Fsp3) is 0.682. The van der Waals surface area contributed by atoms with Crippen LogP contribution in [0.2, 0.25) is 0 Å². The van der Waals surface area contributed by atoms with Gasteiger partial charge in [0.25, 0.3) is 5.91 Å². The van der Waals surface area contributed by atoms with Gasteiger partial charge in [0.1, 0.15) is 0 Å². The summed E-state index contributed by atoms with van der Waals surface area (Å²) in [4.78, 5) is 28.4. The van der Waals surface area contributed by atoms with Gasteiger partial charge in [0.15, 0.2) is 5.75 Å². The van der Waals surface area contributed by atoms with E-state index in [1.165, 1.54) is 57.8 Å². The Kier molecular flexibility index (Phi) is 6.53. The zero-order valence-corrected chi connectivity index (χ0v) is 17.7. The third-order valence-corrected chi connectivity index (χ3v) is 6.81. The van der Waals surface area contributed by atoms with Gasteiger partial charge in [0.2, 0.25) is 0 Å². The van der Waals surface area contributed by atoms with Crippen molar-refractivity contribution in [1.82, 2.24) is 15.1 Å². The summed E-state index contributed by atoms with van der Waals surface area (Å²) in [6.07, 6.45) is 7.01. The molecule has 0 radical (unpaired) electrons. The molecule has 0 spiro atoms. The molecule has 8 nitrogen and oxygen atoms in total. The molecule has 3 aliphatic rings. The van der Waals surface area contributed by atoms with Crippen molar-refractivity contribution >= 4 is 11.6 Å². The zero-order valence-electron chi connectivity index (χ0n) is 17.7. The third-order valence-electron chi connectivity index (χ3n) is 6.81. The Bertz CT molecular complexity index is 766. The molecule has 1 aromatic carbocycles. The molecule has 0 aromatic heterocycles. The molecule has 3 fully saturated rings. The number of hydrogen-bond donors (Lipinski definition) is 1. The number of hydrogen-bond acceptors (Lipinski definition) is 6. The number of nitrogens with zero attached hydrogens (tertiary/aromatic N) is 3. The van der Waals surface area contributed by atoms with Gasteiger partial charge < -0.3 is 15.0 Å². The van der Waals surface area contributed by atoms with Gasteiger partial charge in [-0.25, -0.2) is 0 Å². The highest BCUT2D eigenvalue weighted by atomic mass is 16.6. The first-order valence-electron chi connectivity index (χ1n) is 11.1. The number of carbonyl (C=O) groups excluding carboxylic acids is 1. The number of benzene rings is 1. The van der Waals surface area contributed by atoms with Gasteiger partial charge in [-0.2, -0.15) is 0 Å². The SMILES string of the molecule is COc1cc(C(=O)NC2CCC(N3CCN(CC4CC4)CC3)CC2)ccc1[N+](=O)[O-]. The highest BCUT2D eigenvalue weighted by Crippen LogP contribution is 2.31. The molecule has 0 bridgehead atoms. The number of nitro groups is 1. The van der Waals surface area contributed by atoms with E-state index in [-0.39, 0.29) is 23.4 Å². The Morgan fingerprint density at radius 3 is 2.43 bits per heavy atom. The second-order valence-electron chi connectivity index (χ2n) is 8.90. The van der Waals surface area contributed by atoms with Crippen LogP contribution in [0.3, 0.4) is 0 Å². The molecule has 164 valence electrons. The largest absolute Gasteiger partial charge is 0.490 e. The number of amides is 1. The van der Waals surface area contributed by atoms with Gasteiger partial charge in [-0.15, -0.1) is 0 Å². The van der Waals surface area contributed by atoms with E-state index in [9.17, 15) is 14.9 Å². The Hall–Kier alpha value is -2.19. The van der Waals surface area contributed by atoms with E-state index in [2.05, 4.69) is 15.1 Å². The summed E-state index contributed by atoms with van der Waals surface area (Å²) in [5, 5.41) is 14.1. The molecule has 0 unspecified atom stereocenters. The van der Waals surface area contributed by atoms with Crippen molar-refractivity contribution < 1.29 is 14.5 Å². The van der Waals surface area contributed by atoms with Crippen LogP contribution in [-0.2, 0) is 0 Å². The van der Waals surface area contributed by atoms with E-state index in [1.807, 2.05) is 0 Å². The van der Waals surface area contributed by atoms with Gasteiger partial charge in [-0.3, -0.25) is 19.8 Å². The first-order chi connectivity index (χ1) is 14.5. The Labute approximate surface area is 177 Å². The van der Waals surface area contributed by atoms with E-state index in [1.54, 1.807) is 0 Å². The summed E-state index contributed by atoms with van der Waals surface area (Å²) in [6, 6.07) is 5.04. The zero-order chi connectivity index (χ0) is 21.1. The van der Waals surface area contributed by atoms with Crippen molar-refractivity contribution in [2.75, 3.05) is 39.8 Å². The summed E-state index contributed by atoms with van der Waals surface area (Å²) in [6.45, 7) is 6.00. The lowest BCUT2D eigenvalue weighted by Crippen LogP contribution is -2.52. The van der Waals surface area contributed by atoms with E-state index in [0.29, 0.717) is 11.6 Å². The molecule has 2 aliphatic carbocycles. The van der Waals surface area contributed by atoms with Crippen LogP contribution >= 0.6 is 0 Å². The van der Waals surface area contributed by atoms with Crippen LogP contribution in [-0.4, -0.2) is 72.5 Å². The van der Waals surface area contributed by atoms with Crippen LogP contribution in [0.25, 0.3) is 0 Å². The second-order valence-corrected chi connectivity index (χ2v) is 8.90. The predicted molar refractivity (Wildman–Crippen MR) is 114 cm³/mol. The normalized spacial score (nSPS) is 25.6. The average molecular weight is 417 g/mol. The lowest BCUT2D eigenvalue weighted by atomic mass is 9.89. The molecule has 1 aromatic rings. The smallest absolute Gasteiger partial charge is 0.310 e. The fourth-order valence-corrected chi connectivity index (χ4v) is 4.80. The summed E-state index contributed by atoms with van der Waals surface area (Å²) >= 11 is 0. The number of piperazine rings is 1. The molecule has 8 heteroatoms. The molecular weight excluding hydrogens is 384 g/mol. The Balaban J connectivity index is 1.23. The maximum absolute atomic E-state index is 12.6. The van der Waals surface area contributed by atoms with Crippen LogP contribution in [0.1, 0.15) is 48.9 Å². The monoisotopic (exact) mass is 416 g/mol. The first-order valence-corrected chi connectivity index (χ1v) is 11.1. The van der Waals surface area contributed by atoms with Gasteiger partial charge >= 0.3 is 5.69 Å². The minimum absolute atomic E-state index is 0.109. The maximum Gasteiger partial charge on any atom is 0.310 e. The Morgan fingerprint density at radius 1 is 1.13 bits per heavy atom. The standard InChI is InChI=1S/C22H32N4O4/c1-30-21-14-17(4-9-20(21)26(28)29)22(27)23-18-5-7-19(8-6-18)25-12-10-24(11-13-25)15-16-2-3-16/h4,9,14,16,18-19H,2-3,5-8,10-13,15H2,1H3,(H,23,27). The molecular formula is C22H32N4O4. The Morgan fingerprint density at radius 2 is 1.83 bits per heavy atom. The number of nitro benzene ring substituents is 1. The average Bonchev–Trinajstić information content (AvgIpc) is 3.58. The fourth-order valence-electron chi connectivity index (χ4n) is 4.80. The van der Waals surface area contributed by atoms with Crippen molar-refractivity contribution in [1.29, 1.82) is 0 Å². The van der Waals surface area contributed by atoms with E-state index in [0.717, 1.165) is 44.7 Å². The molecule has 1 saturated heterocycles. The predicted octanol–water partition coefficient (Wildman–Crippen LogP) is 2.67. The topological polar surface area (TPSA) is 88.0 Å². The van der Waals surface area contributed by atoms with Gasteiger partial charge in [0, 0.05) is 62.5 Å². The van der Waals surface area contributed by atoms with Crippen molar-refractivity contribution in [3.8, 4) is 5.75 Å². The quantitative estimate of drug-likeness (QED) is 0.543. The maximum atomic E-state index is 12.6. The summed E-state index contributed by atoms with van der Waals surface area (Å²) in [5.41, 5.74) is 0.262. The van der Waals surface area contributed by atoms with Crippen molar-refractivity contribution in [3.63, 3.8) is 0 Å². The van der Waals surface area contributed by atoms with Crippen LogP contribution < -0.4 is 10.1 Å². The summed E-state index contributed by atoms with van der Waals surface area (Å²) in [7, 11) is 1.37. The molecule has 1 N–H and O–H groups in total. The molecule has 2 saturated carbocycles. The van der Waals surface area contributed by atoms with Gasteiger partial charge in [-0.05, 0) is 50.5 Å². The van der Waals surface area contributed by atoms with Gasteiger partial charge in [0.05, 0.1) is 12.0 Å². The summed E-state index contributed by atoms with van der Waals surface area (Å²) < 4.78 is 5.07. The molecule has 1 heterocycles. The van der Waals surface area contributed by atoms with E-state index in [4.69, 9.17) is 4.74 Å². The van der Waals surface area contributed by atoms with Crippen LogP contribution in [0.15, 0.2) is 18.2 Å². The van der Waals surface area contributed by atoms with Crippen molar-refractivity contribution in [2.45, 2.75) is 50.6 Å².